The number of carbonyl (C=O) groups excluding carboxylic acids is 1. The van der Waals surface area contributed by atoms with Crippen molar-refractivity contribution in [2.45, 2.75) is 45.8 Å². The summed E-state index contributed by atoms with van der Waals surface area (Å²) >= 11 is 0. The zero-order valence-electron chi connectivity index (χ0n) is 18.3. The fourth-order valence-electron chi connectivity index (χ4n) is 3.77. The van der Waals surface area contributed by atoms with E-state index in [0.29, 0.717) is 36.5 Å². The second-order valence-electron chi connectivity index (χ2n) is 7.87. The van der Waals surface area contributed by atoms with Gasteiger partial charge in [-0.05, 0) is 19.8 Å². The van der Waals surface area contributed by atoms with E-state index in [0.717, 1.165) is 0 Å². The Morgan fingerprint density at radius 1 is 1.48 bits per heavy atom. The molecule has 1 saturated carbocycles. The van der Waals surface area contributed by atoms with Crippen LogP contribution in [0.15, 0.2) is 6.33 Å². The number of terminal acetylenes is 1. The normalized spacial score (nSPS) is 23.3. The molecule has 0 radical (unpaired) electrons. The molecular weight excluding hydrogens is 402 g/mol. The molecule has 0 bridgehead atoms. The van der Waals surface area contributed by atoms with Gasteiger partial charge in [0.25, 0.3) is 0 Å². The van der Waals surface area contributed by atoms with Crippen molar-refractivity contribution >= 4 is 23.0 Å². The first-order valence-corrected chi connectivity index (χ1v) is 10.3. The maximum absolute atomic E-state index is 12.2. The molecule has 2 N–H and O–H groups in total. The first kappa shape index (κ1) is 22.9. The minimum atomic E-state index is -0.843. The zero-order valence-corrected chi connectivity index (χ0v) is 18.3. The van der Waals surface area contributed by atoms with Crippen LogP contribution in [0.3, 0.4) is 0 Å². The average Bonchev–Trinajstić information content (AvgIpc) is 3.34. The maximum Gasteiger partial charge on any atom is 0.247 e. The van der Waals surface area contributed by atoms with Crippen molar-refractivity contribution < 1.29 is 24.1 Å². The highest BCUT2D eigenvalue weighted by Crippen LogP contribution is 2.46. The molecule has 1 aliphatic carbocycles. The second kappa shape index (κ2) is 9.60. The number of hydrogen-bond acceptors (Lipinski definition) is 8. The van der Waals surface area contributed by atoms with Crippen molar-refractivity contribution in [2.24, 2.45) is 11.3 Å². The lowest BCUT2D eigenvalue weighted by molar-refractivity contribution is -0.118. The molecule has 2 aromatic rings. The smallest absolute Gasteiger partial charge is 0.247 e. The summed E-state index contributed by atoms with van der Waals surface area (Å²) in [5, 5.41) is 12.8. The number of aliphatic hydroxyl groups excluding tert-OH is 1. The number of amides is 1. The SMILES string of the molecule is C#C[C@]1(CO)C[C@@H](n2cnc3c(OCC)nc(NC(=O)C(C)C)nc32)C[C@@H]1OCOC. The first-order chi connectivity index (χ1) is 14.9. The minimum absolute atomic E-state index is 0.0769. The lowest BCUT2D eigenvalue weighted by Gasteiger charge is -2.27. The van der Waals surface area contributed by atoms with Crippen LogP contribution in [-0.4, -0.2) is 63.8 Å². The second-order valence-corrected chi connectivity index (χ2v) is 7.87. The molecule has 0 unspecified atom stereocenters. The number of imidazole rings is 1. The lowest BCUT2D eigenvalue weighted by atomic mass is 9.86. The molecule has 1 fully saturated rings. The number of methoxy groups -OCH3 is 1. The van der Waals surface area contributed by atoms with Crippen LogP contribution in [0.1, 0.15) is 39.7 Å². The summed E-state index contributed by atoms with van der Waals surface area (Å²) in [6.45, 7) is 5.67. The zero-order chi connectivity index (χ0) is 22.6. The van der Waals surface area contributed by atoms with Gasteiger partial charge >= 0.3 is 0 Å². The molecule has 3 atom stereocenters. The molecule has 2 heterocycles. The molecule has 0 spiro atoms. The summed E-state index contributed by atoms with van der Waals surface area (Å²) in [7, 11) is 1.53. The van der Waals surface area contributed by atoms with E-state index < -0.39 is 11.5 Å². The van der Waals surface area contributed by atoms with E-state index in [-0.39, 0.29) is 37.2 Å². The first-order valence-electron chi connectivity index (χ1n) is 10.3. The van der Waals surface area contributed by atoms with E-state index >= 15 is 0 Å². The number of fused-ring (bicyclic) bond motifs is 1. The Kier molecular flexibility index (Phi) is 7.10. The lowest BCUT2D eigenvalue weighted by Crippen LogP contribution is -2.34. The fraction of sp³-hybridized carbons (Fsp3) is 0.619. The standard InChI is InChI=1S/C21H29N5O5/c1-6-21(10-27)9-14(8-15(21)31-12-29-5)26-11-22-16-17(26)23-20(24-18(28)13(3)4)25-19(16)30-7-2/h1,11,13-15,27H,7-10,12H2,2-5H3,(H,23,24,25,28)/t14-,15-,21+/m0/s1. The predicted octanol–water partition coefficient (Wildman–Crippen LogP) is 1.76. The molecule has 1 aliphatic rings. The van der Waals surface area contributed by atoms with Gasteiger partial charge in [-0.25, -0.2) is 4.98 Å². The summed E-state index contributed by atoms with van der Waals surface area (Å²) in [4.78, 5) is 25.5. The van der Waals surface area contributed by atoms with Crippen molar-refractivity contribution in [1.82, 2.24) is 19.5 Å². The van der Waals surface area contributed by atoms with Crippen molar-refractivity contribution in [3.8, 4) is 18.2 Å². The molecule has 1 amide bonds. The van der Waals surface area contributed by atoms with Gasteiger partial charge in [0, 0.05) is 19.1 Å². The molecule has 168 valence electrons. The molecule has 31 heavy (non-hydrogen) atoms. The van der Waals surface area contributed by atoms with E-state index in [9.17, 15) is 9.90 Å². The summed E-state index contributed by atoms with van der Waals surface area (Å²) in [6, 6.07) is -0.131. The van der Waals surface area contributed by atoms with E-state index in [1.807, 2.05) is 11.5 Å². The van der Waals surface area contributed by atoms with Crippen LogP contribution < -0.4 is 10.1 Å². The third-order valence-corrected chi connectivity index (χ3v) is 5.48. The Bertz CT molecular complexity index is 969. The number of anilines is 1. The molecule has 3 rings (SSSR count). The summed E-state index contributed by atoms with van der Waals surface area (Å²) in [6.07, 6.45) is 8.07. The van der Waals surface area contributed by atoms with Gasteiger partial charge in [0.15, 0.2) is 11.2 Å². The van der Waals surface area contributed by atoms with E-state index in [1.54, 1.807) is 20.2 Å². The fourth-order valence-corrected chi connectivity index (χ4v) is 3.77. The van der Waals surface area contributed by atoms with Gasteiger partial charge in [-0.2, -0.15) is 9.97 Å². The molecule has 0 saturated heterocycles. The van der Waals surface area contributed by atoms with Crippen LogP contribution in [0.4, 0.5) is 5.95 Å². The van der Waals surface area contributed by atoms with Crippen molar-refractivity contribution in [3.05, 3.63) is 6.33 Å². The van der Waals surface area contributed by atoms with Crippen LogP contribution in [0.2, 0.25) is 0 Å². The van der Waals surface area contributed by atoms with Crippen LogP contribution in [0.25, 0.3) is 11.2 Å². The monoisotopic (exact) mass is 431 g/mol. The largest absolute Gasteiger partial charge is 0.476 e. The van der Waals surface area contributed by atoms with E-state index in [1.165, 1.54) is 7.11 Å². The highest BCUT2D eigenvalue weighted by Gasteiger charge is 2.48. The Hall–Kier alpha value is -2.74. The molecule has 10 heteroatoms. The quantitative estimate of drug-likeness (QED) is 0.455. The van der Waals surface area contributed by atoms with Gasteiger partial charge in [0.1, 0.15) is 6.79 Å². The van der Waals surface area contributed by atoms with Gasteiger partial charge in [0.05, 0.1) is 31.1 Å². The number of carbonyl (C=O) groups is 1. The van der Waals surface area contributed by atoms with Crippen LogP contribution in [0.5, 0.6) is 5.88 Å². The van der Waals surface area contributed by atoms with Crippen molar-refractivity contribution in [2.75, 3.05) is 32.4 Å². The van der Waals surface area contributed by atoms with Crippen molar-refractivity contribution in [1.29, 1.82) is 0 Å². The Labute approximate surface area is 181 Å². The van der Waals surface area contributed by atoms with Crippen LogP contribution in [-0.2, 0) is 14.3 Å². The molecule has 0 aliphatic heterocycles. The number of ether oxygens (including phenoxy) is 3. The van der Waals surface area contributed by atoms with Crippen LogP contribution >= 0.6 is 0 Å². The number of nitrogens with one attached hydrogen (secondary N) is 1. The minimum Gasteiger partial charge on any atom is -0.476 e. The van der Waals surface area contributed by atoms with E-state index in [4.69, 9.17) is 20.6 Å². The number of nitrogens with zero attached hydrogens (tertiary/aromatic N) is 4. The summed E-state index contributed by atoms with van der Waals surface area (Å²) < 4.78 is 18.3. The topological polar surface area (TPSA) is 121 Å². The van der Waals surface area contributed by atoms with Gasteiger partial charge in [-0.15, -0.1) is 6.42 Å². The molecule has 0 aromatic carbocycles. The highest BCUT2D eigenvalue weighted by atomic mass is 16.7. The summed E-state index contributed by atoms with van der Waals surface area (Å²) in [5.41, 5.74) is 0.157. The molecular formula is C21H29N5O5. The summed E-state index contributed by atoms with van der Waals surface area (Å²) in [5.74, 6) is 2.74. The number of aliphatic hydroxyl groups is 1. The average molecular weight is 431 g/mol. The molecule has 2 aromatic heterocycles. The van der Waals surface area contributed by atoms with Crippen LogP contribution in [0, 0.1) is 23.7 Å². The maximum atomic E-state index is 12.2. The van der Waals surface area contributed by atoms with Gasteiger partial charge in [0.2, 0.25) is 17.7 Å². The molecule has 10 nitrogen and oxygen atoms in total. The Morgan fingerprint density at radius 2 is 2.26 bits per heavy atom. The van der Waals surface area contributed by atoms with Gasteiger partial charge in [-0.1, -0.05) is 19.8 Å². The third kappa shape index (κ3) is 4.49. The third-order valence-electron chi connectivity index (χ3n) is 5.48. The number of aromatic nitrogens is 4. The number of hydrogen-bond donors (Lipinski definition) is 2. The predicted molar refractivity (Wildman–Crippen MR) is 113 cm³/mol. The Morgan fingerprint density at radius 3 is 2.87 bits per heavy atom. The highest BCUT2D eigenvalue weighted by molar-refractivity contribution is 5.91. The number of rotatable bonds is 9. The Balaban J connectivity index is 2.01. The van der Waals surface area contributed by atoms with Crippen molar-refractivity contribution in [3.63, 3.8) is 0 Å². The van der Waals surface area contributed by atoms with Gasteiger partial charge in [-0.3, -0.25) is 10.1 Å². The van der Waals surface area contributed by atoms with Gasteiger partial charge < -0.3 is 23.9 Å². The van der Waals surface area contributed by atoms with E-state index in [2.05, 4.69) is 26.2 Å².